The highest BCUT2D eigenvalue weighted by Gasteiger charge is 2.45. The molecular weight excluding hydrogens is 342 g/mol. The number of furan rings is 1. The van der Waals surface area contributed by atoms with Crippen LogP contribution >= 0.6 is 11.3 Å². The van der Waals surface area contributed by atoms with Gasteiger partial charge in [-0.25, -0.2) is 4.98 Å². The van der Waals surface area contributed by atoms with Gasteiger partial charge in [-0.3, -0.25) is 9.59 Å². The summed E-state index contributed by atoms with van der Waals surface area (Å²) in [7, 11) is 0. The van der Waals surface area contributed by atoms with E-state index in [2.05, 4.69) is 10.3 Å². The molecule has 1 N–H and O–H groups in total. The molecule has 0 unspecified atom stereocenters. The molecule has 0 spiro atoms. The first kappa shape index (κ1) is 16.3. The standard InChI is InChI=1S/C17H19N3O4S/c1-10-2-3-23-15(10)17(22)20-5-12-11(7-24-14(12)6-20)4-18-16(21)13-8-25-9-19-13/h2-3,8-9,11-12,14H,4-7H2,1H3,(H,18,21)/t11-,12+,14+/m0/s1. The second-order valence-electron chi connectivity index (χ2n) is 6.52. The van der Waals surface area contributed by atoms with E-state index in [9.17, 15) is 9.59 Å². The van der Waals surface area contributed by atoms with Crippen LogP contribution in [0.25, 0.3) is 0 Å². The number of likely N-dealkylation sites (tertiary alicyclic amines) is 1. The molecule has 4 rings (SSSR count). The van der Waals surface area contributed by atoms with Gasteiger partial charge in [0.2, 0.25) is 0 Å². The highest BCUT2D eigenvalue weighted by molar-refractivity contribution is 7.07. The molecule has 3 atom stereocenters. The van der Waals surface area contributed by atoms with Crippen LogP contribution in [-0.4, -0.2) is 54.0 Å². The smallest absolute Gasteiger partial charge is 0.289 e. The van der Waals surface area contributed by atoms with Crippen molar-refractivity contribution in [2.24, 2.45) is 11.8 Å². The monoisotopic (exact) mass is 361 g/mol. The Bertz CT molecular complexity index is 773. The fourth-order valence-electron chi connectivity index (χ4n) is 3.55. The van der Waals surface area contributed by atoms with Crippen molar-refractivity contribution >= 4 is 23.2 Å². The number of fused-ring (bicyclic) bond motifs is 1. The topological polar surface area (TPSA) is 84.7 Å². The van der Waals surface area contributed by atoms with Crippen molar-refractivity contribution in [3.05, 3.63) is 40.2 Å². The van der Waals surface area contributed by atoms with Crippen molar-refractivity contribution in [2.45, 2.75) is 13.0 Å². The quantitative estimate of drug-likeness (QED) is 0.893. The summed E-state index contributed by atoms with van der Waals surface area (Å²) in [4.78, 5) is 30.4. The summed E-state index contributed by atoms with van der Waals surface area (Å²) in [6.07, 6.45) is 1.56. The Labute approximate surface area is 149 Å². The number of aromatic nitrogens is 1. The normalized spacial score (nSPS) is 25.2. The molecule has 2 aliphatic heterocycles. The average molecular weight is 361 g/mol. The van der Waals surface area contributed by atoms with Crippen LogP contribution in [0.3, 0.4) is 0 Å². The Kier molecular flexibility index (Phi) is 4.30. The highest BCUT2D eigenvalue weighted by Crippen LogP contribution is 2.34. The third kappa shape index (κ3) is 3.07. The number of aryl methyl sites for hydroxylation is 1. The maximum atomic E-state index is 12.6. The van der Waals surface area contributed by atoms with Crippen LogP contribution in [-0.2, 0) is 4.74 Å². The second-order valence-corrected chi connectivity index (χ2v) is 7.24. The maximum Gasteiger partial charge on any atom is 0.289 e. The van der Waals surface area contributed by atoms with Crippen LogP contribution in [0.2, 0.25) is 0 Å². The summed E-state index contributed by atoms with van der Waals surface area (Å²) >= 11 is 1.40. The van der Waals surface area contributed by atoms with Crippen LogP contribution in [0.5, 0.6) is 0 Å². The van der Waals surface area contributed by atoms with E-state index in [4.69, 9.17) is 9.15 Å². The Balaban J connectivity index is 1.36. The summed E-state index contributed by atoms with van der Waals surface area (Å²) in [5.41, 5.74) is 2.92. The lowest BCUT2D eigenvalue weighted by Crippen LogP contribution is -2.35. The maximum absolute atomic E-state index is 12.6. The molecule has 2 saturated heterocycles. The predicted octanol–water partition coefficient (Wildman–Crippen LogP) is 1.56. The largest absolute Gasteiger partial charge is 0.459 e. The average Bonchev–Trinajstić information content (AvgIpc) is 3.36. The first-order chi connectivity index (χ1) is 12.1. The number of carbonyl (C=O) groups excluding carboxylic acids is 2. The first-order valence-corrected chi connectivity index (χ1v) is 9.19. The molecule has 0 aromatic carbocycles. The molecule has 8 heteroatoms. The van der Waals surface area contributed by atoms with Crippen LogP contribution in [0, 0.1) is 18.8 Å². The van der Waals surface area contributed by atoms with E-state index < -0.39 is 0 Å². The molecule has 0 aliphatic carbocycles. The number of hydrogen-bond donors (Lipinski definition) is 1. The highest BCUT2D eigenvalue weighted by atomic mass is 32.1. The molecule has 25 heavy (non-hydrogen) atoms. The Hall–Kier alpha value is -2.19. The van der Waals surface area contributed by atoms with Gasteiger partial charge in [0.25, 0.3) is 11.8 Å². The van der Waals surface area contributed by atoms with Crippen molar-refractivity contribution in [1.82, 2.24) is 15.2 Å². The van der Waals surface area contributed by atoms with Gasteiger partial charge in [0.1, 0.15) is 5.69 Å². The Morgan fingerprint density at radius 2 is 2.32 bits per heavy atom. The molecule has 2 amide bonds. The summed E-state index contributed by atoms with van der Waals surface area (Å²) in [6.45, 7) is 4.19. The zero-order chi connectivity index (χ0) is 17.4. The molecule has 0 bridgehead atoms. The lowest BCUT2D eigenvalue weighted by atomic mass is 9.93. The summed E-state index contributed by atoms with van der Waals surface area (Å²) < 4.78 is 11.2. The van der Waals surface area contributed by atoms with E-state index in [1.54, 1.807) is 21.9 Å². The number of ether oxygens (including phenoxy) is 1. The van der Waals surface area contributed by atoms with Gasteiger partial charge in [-0.15, -0.1) is 11.3 Å². The van der Waals surface area contributed by atoms with Crippen LogP contribution < -0.4 is 5.32 Å². The Morgan fingerprint density at radius 1 is 1.44 bits per heavy atom. The minimum atomic E-state index is -0.165. The zero-order valence-electron chi connectivity index (χ0n) is 13.8. The van der Waals surface area contributed by atoms with Gasteiger partial charge in [0, 0.05) is 42.4 Å². The van der Waals surface area contributed by atoms with Crippen LogP contribution in [0.1, 0.15) is 26.6 Å². The third-order valence-electron chi connectivity index (χ3n) is 4.97. The van der Waals surface area contributed by atoms with Gasteiger partial charge in [-0.2, -0.15) is 0 Å². The van der Waals surface area contributed by atoms with E-state index in [0.29, 0.717) is 37.7 Å². The van der Waals surface area contributed by atoms with Crippen molar-refractivity contribution in [2.75, 3.05) is 26.2 Å². The van der Waals surface area contributed by atoms with E-state index in [-0.39, 0.29) is 29.8 Å². The number of amides is 2. The fraction of sp³-hybridized carbons (Fsp3) is 0.471. The van der Waals surface area contributed by atoms with Gasteiger partial charge < -0.3 is 19.4 Å². The second kappa shape index (κ2) is 6.61. The fourth-order valence-corrected chi connectivity index (χ4v) is 4.08. The third-order valence-corrected chi connectivity index (χ3v) is 5.56. The minimum absolute atomic E-state index is 0.0281. The molecule has 2 aliphatic rings. The number of nitrogens with zero attached hydrogens (tertiary/aromatic N) is 2. The van der Waals surface area contributed by atoms with E-state index >= 15 is 0 Å². The first-order valence-electron chi connectivity index (χ1n) is 8.25. The lowest BCUT2D eigenvalue weighted by molar-refractivity contribution is 0.0648. The van der Waals surface area contributed by atoms with E-state index in [0.717, 1.165) is 5.56 Å². The van der Waals surface area contributed by atoms with E-state index in [1.165, 1.54) is 17.6 Å². The lowest BCUT2D eigenvalue weighted by Gasteiger charge is -2.19. The van der Waals surface area contributed by atoms with Gasteiger partial charge in [-0.1, -0.05) is 0 Å². The van der Waals surface area contributed by atoms with Crippen molar-refractivity contribution < 1.29 is 18.7 Å². The SMILES string of the molecule is Cc1ccoc1C(=O)N1C[C@@H]2[C@@H](CNC(=O)c3cscn3)CO[C@@H]2C1. The Morgan fingerprint density at radius 3 is 3.04 bits per heavy atom. The van der Waals surface area contributed by atoms with Crippen molar-refractivity contribution in [1.29, 1.82) is 0 Å². The number of hydrogen-bond acceptors (Lipinski definition) is 6. The summed E-state index contributed by atoms with van der Waals surface area (Å²) in [5, 5.41) is 4.65. The molecule has 2 aromatic heterocycles. The number of carbonyl (C=O) groups is 2. The van der Waals surface area contributed by atoms with Crippen molar-refractivity contribution in [3.63, 3.8) is 0 Å². The predicted molar refractivity (Wildman–Crippen MR) is 90.5 cm³/mol. The number of nitrogens with one attached hydrogen (secondary N) is 1. The van der Waals surface area contributed by atoms with Gasteiger partial charge in [0.15, 0.2) is 5.76 Å². The molecular formula is C17H19N3O4S. The van der Waals surface area contributed by atoms with Gasteiger partial charge >= 0.3 is 0 Å². The molecule has 0 radical (unpaired) electrons. The van der Waals surface area contributed by atoms with Gasteiger partial charge in [-0.05, 0) is 13.0 Å². The molecule has 0 saturated carbocycles. The van der Waals surface area contributed by atoms with Gasteiger partial charge in [0.05, 0.1) is 24.5 Å². The van der Waals surface area contributed by atoms with Crippen molar-refractivity contribution in [3.8, 4) is 0 Å². The number of thiazole rings is 1. The summed E-state index contributed by atoms with van der Waals surface area (Å²) in [5.74, 6) is 0.569. The summed E-state index contributed by atoms with van der Waals surface area (Å²) in [6, 6.07) is 1.79. The van der Waals surface area contributed by atoms with Crippen LogP contribution in [0.15, 0.2) is 27.6 Å². The molecule has 4 heterocycles. The molecule has 2 aromatic rings. The number of rotatable bonds is 4. The van der Waals surface area contributed by atoms with E-state index in [1.807, 2.05) is 6.92 Å². The molecule has 7 nitrogen and oxygen atoms in total. The zero-order valence-corrected chi connectivity index (χ0v) is 14.6. The molecule has 132 valence electrons. The molecule has 2 fully saturated rings. The van der Waals surface area contributed by atoms with Crippen LogP contribution in [0.4, 0.5) is 0 Å². The minimum Gasteiger partial charge on any atom is -0.459 e.